The Labute approximate surface area is 212 Å². The second-order valence-corrected chi connectivity index (χ2v) is 10.2. The maximum absolute atomic E-state index is 12.8. The summed E-state index contributed by atoms with van der Waals surface area (Å²) < 4.78 is 38.1. The lowest BCUT2D eigenvalue weighted by Crippen LogP contribution is -2.71. The zero-order chi connectivity index (χ0) is 26.4. The number of anilines is 1. The number of nitrogens with zero attached hydrogens (tertiary/aromatic N) is 5. The van der Waals surface area contributed by atoms with E-state index in [9.17, 15) is 37.6 Å². The van der Waals surface area contributed by atoms with E-state index in [1.54, 1.807) is 0 Å². The van der Waals surface area contributed by atoms with Crippen LogP contribution in [0, 0.1) is 4.91 Å². The van der Waals surface area contributed by atoms with E-state index < -0.39 is 47.8 Å². The molecule has 18 heteroatoms. The second kappa shape index (κ2) is 9.62. The van der Waals surface area contributed by atoms with Crippen molar-refractivity contribution in [2.75, 3.05) is 5.73 Å². The van der Waals surface area contributed by atoms with Crippen LogP contribution in [0.5, 0.6) is 0 Å². The van der Waals surface area contributed by atoms with Gasteiger partial charge in [0, 0.05) is 4.91 Å². The van der Waals surface area contributed by atoms with Gasteiger partial charge in [-0.25, -0.2) is 9.78 Å². The number of hydrogen-bond acceptors (Lipinski definition) is 11. The number of thioether (sulfide) groups is 1. The van der Waals surface area contributed by atoms with Crippen molar-refractivity contribution in [2.45, 2.75) is 42.2 Å². The Bertz CT molecular complexity index is 1290. The summed E-state index contributed by atoms with van der Waals surface area (Å²) in [7, 11) is 0. The Morgan fingerprint density at radius 2 is 2.08 bits per heavy atom. The van der Waals surface area contributed by atoms with Gasteiger partial charge in [-0.3, -0.25) is 14.5 Å². The number of β-lactam (4-membered cyclic amide) rings is 1. The number of allylic oxidation sites excluding steroid dienone is 1. The van der Waals surface area contributed by atoms with Crippen LogP contribution in [0.15, 0.2) is 32.9 Å². The molecule has 0 saturated carbocycles. The summed E-state index contributed by atoms with van der Waals surface area (Å²) in [5, 5.41) is 21.4. The van der Waals surface area contributed by atoms with Crippen molar-refractivity contribution in [3.63, 3.8) is 0 Å². The average Bonchev–Trinajstić information content (AvgIpc) is 3.14. The molecule has 1 saturated heterocycles. The number of nitrogens with two attached hydrogens (primary N) is 1. The molecular weight excluding hydrogens is 551 g/mol. The first-order valence-corrected chi connectivity index (χ1v) is 11.9. The number of nitroso groups, excluding NO2 is 1. The monoisotopic (exact) mass is 563 g/mol. The molecule has 12 nitrogen and oxygen atoms in total. The lowest BCUT2D eigenvalue weighted by molar-refractivity contribution is -0.156. The lowest BCUT2D eigenvalue weighted by Gasteiger charge is -2.50. The van der Waals surface area contributed by atoms with Gasteiger partial charge in [0.15, 0.2) is 10.8 Å². The zero-order valence-electron chi connectivity index (χ0n) is 17.5. The van der Waals surface area contributed by atoms with E-state index in [1.165, 1.54) is 0 Å². The van der Waals surface area contributed by atoms with Gasteiger partial charge in [-0.1, -0.05) is 34.7 Å². The normalized spacial score (nSPS) is 20.4. The fourth-order valence-electron chi connectivity index (χ4n) is 3.73. The molecule has 0 bridgehead atoms. The van der Waals surface area contributed by atoms with Crippen molar-refractivity contribution >= 4 is 57.6 Å². The van der Waals surface area contributed by atoms with Gasteiger partial charge < -0.3 is 16.2 Å². The first-order valence-electron chi connectivity index (χ1n) is 9.85. The number of aromatic nitrogens is 3. The number of nitrogen functional groups attached to an aromatic ring is 1. The molecule has 4 N–H and O–H groups in total. The summed E-state index contributed by atoms with van der Waals surface area (Å²) in [6.07, 6.45) is -4.34. The van der Waals surface area contributed by atoms with Gasteiger partial charge >= 0.3 is 12.1 Å². The molecule has 2 aliphatic heterocycles. The van der Waals surface area contributed by atoms with Gasteiger partial charge in [0.25, 0.3) is 11.8 Å². The van der Waals surface area contributed by atoms with Crippen LogP contribution in [0.4, 0.5) is 18.3 Å². The van der Waals surface area contributed by atoms with Gasteiger partial charge in [0.2, 0.25) is 6.04 Å². The van der Waals surface area contributed by atoms with Crippen LogP contribution in [-0.4, -0.2) is 55.1 Å². The van der Waals surface area contributed by atoms with Gasteiger partial charge in [-0.05, 0) is 30.2 Å². The molecule has 2 aliphatic rings. The predicted molar refractivity (Wildman–Crippen MR) is 119 cm³/mol. The smallest absolute Gasteiger partial charge is 0.435 e. The number of carbonyl (C=O) groups is 3. The van der Waals surface area contributed by atoms with Crippen molar-refractivity contribution in [2.24, 2.45) is 5.18 Å². The minimum absolute atomic E-state index is 0.00680. The largest absolute Gasteiger partial charge is 0.477 e. The van der Waals surface area contributed by atoms with Crippen LogP contribution in [0.1, 0.15) is 30.3 Å². The minimum Gasteiger partial charge on any atom is -0.477 e. The Hall–Kier alpha value is -3.31. The van der Waals surface area contributed by atoms with Crippen LogP contribution in [0.2, 0.25) is 4.34 Å². The highest BCUT2D eigenvalue weighted by Crippen LogP contribution is 2.43. The third-order valence-corrected chi connectivity index (χ3v) is 7.47. The maximum Gasteiger partial charge on any atom is 0.435 e. The van der Waals surface area contributed by atoms with Crippen molar-refractivity contribution in [3.8, 4) is 0 Å². The van der Waals surface area contributed by atoms with E-state index in [1.807, 2.05) is 0 Å². The lowest BCUT2D eigenvalue weighted by atomic mass is 9.86. The number of carbonyl (C=O) groups excluding carboxylic acids is 2. The predicted octanol–water partition coefficient (Wildman–Crippen LogP) is 2.57. The zero-order valence-corrected chi connectivity index (χ0v) is 19.9. The first kappa shape index (κ1) is 25.8. The van der Waals surface area contributed by atoms with Crippen molar-refractivity contribution < 1.29 is 32.7 Å². The summed E-state index contributed by atoms with van der Waals surface area (Å²) in [5.41, 5.74) is 3.77. The minimum atomic E-state index is -4.68. The number of carboxylic acids is 1. The molecule has 190 valence electrons. The highest BCUT2D eigenvalue weighted by Gasteiger charge is 2.54. The van der Waals surface area contributed by atoms with Crippen LogP contribution in [0.25, 0.3) is 0 Å². The third kappa shape index (κ3) is 4.72. The van der Waals surface area contributed by atoms with E-state index in [4.69, 9.17) is 17.3 Å². The van der Waals surface area contributed by atoms with E-state index in [0.717, 1.165) is 34.1 Å². The van der Waals surface area contributed by atoms with Crippen molar-refractivity contribution in [1.29, 1.82) is 0 Å². The topological polar surface area (TPSA) is 181 Å². The highest BCUT2D eigenvalue weighted by atomic mass is 35.5. The molecule has 0 aromatic carbocycles. The molecule has 4 heterocycles. The Kier molecular flexibility index (Phi) is 6.89. The van der Waals surface area contributed by atoms with Gasteiger partial charge in [0.1, 0.15) is 26.8 Å². The van der Waals surface area contributed by atoms with Crippen LogP contribution in [0.3, 0.4) is 0 Å². The summed E-state index contributed by atoms with van der Waals surface area (Å²) >= 11 is 7.54. The molecule has 2 amide bonds. The number of alkyl halides is 3. The summed E-state index contributed by atoms with van der Waals surface area (Å²) in [5.74, 6) is -3.16. The molecule has 0 spiro atoms. The first-order chi connectivity index (χ1) is 16.9. The quantitative estimate of drug-likeness (QED) is 0.334. The van der Waals surface area contributed by atoms with E-state index in [2.05, 4.69) is 25.7 Å². The molecule has 2 aromatic rings. The SMILES string of the molecule is Nc1nc(C(N=O)C(=O)N[C@@H]2C(=O)N3C(C(=O)O)=C(Sc4ccc(C(F)(F)F)nn4)CCC23)c(Cl)s1. The Morgan fingerprint density at radius 1 is 1.36 bits per heavy atom. The molecule has 3 atom stereocenters. The number of amides is 2. The van der Waals surface area contributed by atoms with Gasteiger partial charge in [0.05, 0.1) is 6.04 Å². The molecule has 2 unspecified atom stereocenters. The summed E-state index contributed by atoms with van der Waals surface area (Å²) in [6.45, 7) is 0. The molecule has 2 aromatic heterocycles. The maximum atomic E-state index is 12.8. The number of hydrogen-bond donors (Lipinski definition) is 3. The Morgan fingerprint density at radius 3 is 2.61 bits per heavy atom. The number of rotatable bonds is 7. The van der Waals surface area contributed by atoms with Crippen LogP contribution < -0.4 is 11.1 Å². The number of aliphatic carboxylic acids is 1. The number of nitrogens with one attached hydrogen (secondary N) is 1. The fourth-order valence-corrected chi connectivity index (χ4v) is 5.68. The number of halogens is 4. The standard InChI is InChI=1S/C18H13ClF3N7O5S2/c19-13-10(25-17(23)36-13)11(28-34)14(30)24-9-5-1-2-6(12(16(32)33)29(5)15(9)31)35-8-4-3-7(26-27-8)18(20,21)22/h3-5,9,11H,1-2H2,(H2,23,25)(H,24,30)(H,32,33)/t5?,9-,11?/m0/s1. The Balaban J connectivity index is 1.51. The molecular formula is C18H13ClF3N7O5S2. The van der Waals surface area contributed by atoms with Gasteiger partial charge in [-0.15, -0.1) is 15.1 Å². The summed E-state index contributed by atoms with van der Waals surface area (Å²) in [4.78, 5) is 53.7. The van der Waals surface area contributed by atoms with E-state index >= 15 is 0 Å². The van der Waals surface area contributed by atoms with Crippen LogP contribution >= 0.6 is 34.7 Å². The van der Waals surface area contributed by atoms with Crippen molar-refractivity contribution in [3.05, 3.63) is 43.4 Å². The van der Waals surface area contributed by atoms with Gasteiger partial charge in [-0.2, -0.15) is 13.2 Å². The number of thiazole rings is 1. The molecule has 36 heavy (non-hydrogen) atoms. The van der Waals surface area contributed by atoms with Crippen LogP contribution in [-0.2, 0) is 20.6 Å². The number of fused-ring (bicyclic) bond motifs is 1. The average molecular weight is 564 g/mol. The van der Waals surface area contributed by atoms with E-state index in [-0.39, 0.29) is 43.6 Å². The van der Waals surface area contributed by atoms with Crippen molar-refractivity contribution in [1.82, 2.24) is 25.4 Å². The second-order valence-electron chi connectivity index (χ2n) is 7.45. The fraction of sp³-hybridized carbons (Fsp3) is 0.333. The summed E-state index contributed by atoms with van der Waals surface area (Å²) in [6, 6.07) is -1.79. The number of carboxylic acid groups (broad SMARTS) is 1. The molecule has 4 rings (SSSR count). The van der Waals surface area contributed by atoms with E-state index in [0.29, 0.717) is 6.07 Å². The molecule has 1 fully saturated rings. The molecule has 0 radical (unpaired) electrons. The molecule has 0 aliphatic carbocycles. The highest BCUT2D eigenvalue weighted by molar-refractivity contribution is 8.03. The third-order valence-electron chi connectivity index (χ3n) is 5.29.